The first-order valence-electron chi connectivity index (χ1n) is 7.19. The first-order valence-corrected chi connectivity index (χ1v) is 8.93. The van der Waals surface area contributed by atoms with Gasteiger partial charge in [0.15, 0.2) is 0 Å². The predicted octanol–water partition coefficient (Wildman–Crippen LogP) is 4.84. The van der Waals surface area contributed by atoms with E-state index < -0.39 is 0 Å². The van der Waals surface area contributed by atoms with Crippen molar-refractivity contribution in [1.29, 1.82) is 0 Å². The zero-order valence-corrected chi connectivity index (χ0v) is 14.5. The Bertz CT molecular complexity index is 829. The van der Waals surface area contributed by atoms with E-state index in [9.17, 15) is 0 Å². The molecule has 4 heteroatoms. The fourth-order valence-electron chi connectivity index (χ4n) is 3.52. The van der Waals surface area contributed by atoms with Crippen LogP contribution in [0.4, 0.5) is 0 Å². The molecule has 3 aromatic rings. The molecule has 1 aliphatic rings. The van der Waals surface area contributed by atoms with Crippen LogP contribution in [0.15, 0.2) is 39.5 Å². The lowest BCUT2D eigenvalue weighted by atomic mass is 9.87. The smallest absolute Gasteiger partial charge is 0.0708 e. The highest BCUT2D eigenvalue weighted by molar-refractivity contribution is 9.10. The number of nitrogens with zero attached hydrogens (tertiary/aromatic N) is 1. The molecular formula is C17H17BrN2S. The molecule has 2 nitrogen and oxygen atoms in total. The summed E-state index contributed by atoms with van der Waals surface area (Å²) in [5.74, 6) is 0. The number of aromatic nitrogens is 1. The van der Waals surface area contributed by atoms with Crippen LogP contribution in [0, 0.1) is 0 Å². The summed E-state index contributed by atoms with van der Waals surface area (Å²) < 4.78 is 3.61. The van der Waals surface area contributed by atoms with Gasteiger partial charge in [0.05, 0.1) is 15.7 Å². The third-order valence-corrected chi connectivity index (χ3v) is 6.03. The molecule has 0 radical (unpaired) electrons. The highest BCUT2D eigenvalue weighted by Crippen LogP contribution is 2.40. The van der Waals surface area contributed by atoms with Crippen molar-refractivity contribution in [2.24, 2.45) is 0 Å². The van der Waals surface area contributed by atoms with Gasteiger partial charge in [-0.15, -0.1) is 11.3 Å². The van der Waals surface area contributed by atoms with Crippen LogP contribution in [0.2, 0.25) is 0 Å². The van der Waals surface area contributed by atoms with Crippen molar-refractivity contribution in [3.05, 3.63) is 50.8 Å². The summed E-state index contributed by atoms with van der Waals surface area (Å²) in [5, 5.41) is 9.40. The lowest BCUT2D eigenvalue weighted by Gasteiger charge is -2.32. The highest BCUT2D eigenvalue weighted by atomic mass is 79.9. The van der Waals surface area contributed by atoms with Crippen molar-refractivity contribution in [3.8, 4) is 5.69 Å². The van der Waals surface area contributed by atoms with E-state index in [0.29, 0.717) is 0 Å². The van der Waals surface area contributed by atoms with Gasteiger partial charge in [-0.1, -0.05) is 18.2 Å². The minimum atomic E-state index is 0.0148. The molecule has 0 amide bonds. The summed E-state index contributed by atoms with van der Waals surface area (Å²) in [5.41, 5.74) is 5.47. The lowest BCUT2D eigenvalue weighted by molar-refractivity contribution is 0.382. The minimum Gasteiger partial charge on any atom is -0.311 e. The second-order valence-electron chi connectivity index (χ2n) is 6.08. The highest BCUT2D eigenvalue weighted by Gasteiger charge is 2.33. The van der Waals surface area contributed by atoms with Crippen LogP contribution in [0.25, 0.3) is 16.6 Å². The van der Waals surface area contributed by atoms with Crippen molar-refractivity contribution in [2.45, 2.75) is 25.8 Å². The summed E-state index contributed by atoms with van der Waals surface area (Å²) in [4.78, 5) is 0. The summed E-state index contributed by atoms with van der Waals surface area (Å²) in [6.07, 6.45) is 1.07. The monoisotopic (exact) mass is 360 g/mol. The molecule has 4 rings (SSSR count). The van der Waals surface area contributed by atoms with E-state index in [1.165, 1.54) is 32.3 Å². The van der Waals surface area contributed by atoms with Crippen molar-refractivity contribution < 1.29 is 0 Å². The van der Waals surface area contributed by atoms with Crippen LogP contribution in [0.5, 0.6) is 0 Å². The molecule has 0 bridgehead atoms. The normalized spacial score (nSPS) is 17.1. The second-order valence-corrected chi connectivity index (χ2v) is 7.68. The molecule has 0 fully saturated rings. The van der Waals surface area contributed by atoms with Crippen molar-refractivity contribution in [3.63, 3.8) is 0 Å². The maximum atomic E-state index is 3.70. The van der Waals surface area contributed by atoms with Crippen LogP contribution in [0.3, 0.4) is 0 Å². The van der Waals surface area contributed by atoms with Crippen LogP contribution in [-0.4, -0.2) is 11.1 Å². The fourth-order valence-corrected chi connectivity index (χ4v) is 4.95. The Morgan fingerprint density at radius 2 is 2.05 bits per heavy atom. The van der Waals surface area contributed by atoms with Gasteiger partial charge in [0.2, 0.25) is 0 Å². The number of halogens is 1. The van der Waals surface area contributed by atoms with E-state index in [-0.39, 0.29) is 5.54 Å². The topological polar surface area (TPSA) is 17.0 Å². The minimum absolute atomic E-state index is 0.0148. The number of hydrogen-bond acceptors (Lipinski definition) is 2. The number of fused-ring (bicyclic) bond motifs is 3. The SMILES string of the molecule is CC1(C)NCCc2c1c1ccccc1n2-c1cscc1Br. The summed E-state index contributed by atoms with van der Waals surface area (Å²) in [6, 6.07) is 8.75. The molecule has 0 saturated carbocycles. The largest absolute Gasteiger partial charge is 0.311 e. The van der Waals surface area contributed by atoms with Gasteiger partial charge in [-0.25, -0.2) is 0 Å². The van der Waals surface area contributed by atoms with Gasteiger partial charge in [-0.3, -0.25) is 0 Å². The molecule has 0 atom stereocenters. The van der Waals surface area contributed by atoms with Crippen molar-refractivity contribution in [1.82, 2.24) is 9.88 Å². The Morgan fingerprint density at radius 3 is 2.81 bits per heavy atom. The van der Waals surface area contributed by atoms with E-state index in [4.69, 9.17) is 0 Å². The summed E-state index contributed by atoms with van der Waals surface area (Å²) >= 11 is 5.44. The number of rotatable bonds is 1. The summed E-state index contributed by atoms with van der Waals surface area (Å²) in [6.45, 7) is 5.59. The lowest BCUT2D eigenvalue weighted by Crippen LogP contribution is -2.42. The van der Waals surface area contributed by atoms with E-state index in [1.807, 2.05) is 0 Å². The maximum Gasteiger partial charge on any atom is 0.0708 e. The molecule has 0 unspecified atom stereocenters. The van der Waals surface area contributed by atoms with E-state index in [1.54, 1.807) is 11.3 Å². The Labute approximate surface area is 136 Å². The number of para-hydroxylation sites is 1. The van der Waals surface area contributed by atoms with E-state index in [2.05, 4.69) is 74.7 Å². The Hall–Kier alpha value is -1.10. The molecule has 108 valence electrons. The standard InChI is InChI=1S/C17H17BrN2S/c1-17(2)16-11-5-3-4-6-13(11)20(14(16)7-8-19-17)15-10-21-9-12(15)18/h3-6,9-10,19H,7-8H2,1-2H3. The average molecular weight is 361 g/mol. The summed E-state index contributed by atoms with van der Waals surface area (Å²) in [7, 11) is 0. The van der Waals surface area contributed by atoms with Gasteiger partial charge < -0.3 is 9.88 Å². The molecule has 21 heavy (non-hydrogen) atoms. The van der Waals surface area contributed by atoms with Crippen molar-refractivity contribution >= 4 is 38.2 Å². The van der Waals surface area contributed by atoms with Crippen LogP contribution >= 0.6 is 27.3 Å². The Balaban J connectivity index is 2.15. The molecular weight excluding hydrogens is 344 g/mol. The van der Waals surface area contributed by atoms with Gasteiger partial charge in [-0.2, -0.15) is 0 Å². The molecule has 2 aromatic heterocycles. The number of nitrogens with one attached hydrogen (secondary N) is 1. The molecule has 0 spiro atoms. The molecule has 3 heterocycles. The third kappa shape index (κ3) is 1.93. The third-order valence-electron chi connectivity index (χ3n) is 4.36. The first kappa shape index (κ1) is 13.6. The number of thiophene rings is 1. The van der Waals surface area contributed by atoms with Gasteiger partial charge >= 0.3 is 0 Å². The van der Waals surface area contributed by atoms with Crippen LogP contribution in [-0.2, 0) is 12.0 Å². The zero-order valence-electron chi connectivity index (χ0n) is 12.1. The quantitative estimate of drug-likeness (QED) is 0.657. The zero-order chi connectivity index (χ0) is 14.6. The molecule has 1 aromatic carbocycles. The number of benzene rings is 1. The molecule has 1 aliphatic heterocycles. The van der Waals surface area contributed by atoms with E-state index >= 15 is 0 Å². The molecule has 0 aliphatic carbocycles. The second kappa shape index (κ2) is 4.70. The Kier molecular flexibility index (Phi) is 3.03. The van der Waals surface area contributed by atoms with Gasteiger partial charge in [0, 0.05) is 45.9 Å². The maximum absolute atomic E-state index is 3.70. The van der Waals surface area contributed by atoms with Crippen LogP contribution < -0.4 is 5.32 Å². The Morgan fingerprint density at radius 1 is 1.24 bits per heavy atom. The molecule has 1 N–H and O–H groups in total. The van der Waals surface area contributed by atoms with Gasteiger partial charge in [0.1, 0.15) is 0 Å². The predicted molar refractivity (Wildman–Crippen MR) is 93.6 cm³/mol. The first-order chi connectivity index (χ1) is 10.1. The number of hydrogen-bond donors (Lipinski definition) is 1. The van der Waals surface area contributed by atoms with Crippen LogP contribution in [0.1, 0.15) is 25.1 Å². The molecule has 0 saturated heterocycles. The van der Waals surface area contributed by atoms with Crippen molar-refractivity contribution in [2.75, 3.05) is 6.54 Å². The fraction of sp³-hybridized carbons (Fsp3) is 0.294. The van der Waals surface area contributed by atoms with Gasteiger partial charge in [0.25, 0.3) is 0 Å². The van der Waals surface area contributed by atoms with Gasteiger partial charge in [-0.05, 0) is 35.8 Å². The average Bonchev–Trinajstić information content (AvgIpc) is 2.99. The van der Waals surface area contributed by atoms with E-state index in [0.717, 1.165) is 13.0 Å².